The summed E-state index contributed by atoms with van der Waals surface area (Å²) >= 11 is 6.22. The summed E-state index contributed by atoms with van der Waals surface area (Å²) in [5.74, 6) is -0.284. The minimum absolute atomic E-state index is 0.172. The molecular weight excluding hydrogens is 394 g/mol. The summed E-state index contributed by atoms with van der Waals surface area (Å²) < 4.78 is 16.1. The van der Waals surface area contributed by atoms with Gasteiger partial charge in [0.15, 0.2) is 17.6 Å². The van der Waals surface area contributed by atoms with Crippen LogP contribution in [0.2, 0.25) is 5.02 Å². The number of aromatic amines is 1. The maximum atomic E-state index is 13.0. The Morgan fingerprint density at radius 1 is 1.21 bits per heavy atom. The molecule has 3 rings (SSSR count). The number of esters is 1. The largest absolute Gasteiger partial charge is 0.493 e. The molecule has 0 aliphatic rings. The number of aryl methyl sites for hydroxylation is 1. The Hall–Kier alpha value is -2.99. The molecule has 6 nitrogen and oxygen atoms in total. The maximum Gasteiger partial charge on any atom is 0.339 e. The standard InChI is InChI=1S/C22H22ClNO5/c1-5-28-21-16(23)10-14(11-18(21)27-4)22(26)29-13(3)20(25)19-12(2)24-17-9-7-6-8-15(17)19/h6-11,13,24H,5H2,1-4H3/t13-/m1/s1. The van der Waals surface area contributed by atoms with Gasteiger partial charge in [-0.25, -0.2) is 4.79 Å². The molecule has 0 aliphatic carbocycles. The van der Waals surface area contributed by atoms with Crippen molar-refractivity contribution in [2.75, 3.05) is 13.7 Å². The van der Waals surface area contributed by atoms with Crippen molar-refractivity contribution in [1.82, 2.24) is 4.98 Å². The van der Waals surface area contributed by atoms with Crippen LogP contribution in [0.15, 0.2) is 36.4 Å². The summed E-state index contributed by atoms with van der Waals surface area (Å²) in [7, 11) is 1.45. The van der Waals surface area contributed by atoms with Gasteiger partial charge in [-0.3, -0.25) is 4.79 Å². The molecule has 0 amide bonds. The number of ketones is 1. The molecule has 0 saturated heterocycles. The van der Waals surface area contributed by atoms with Gasteiger partial charge >= 0.3 is 5.97 Å². The van der Waals surface area contributed by atoms with Crippen LogP contribution in [-0.2, 0) is 4.74 Å². The summed E-state index contributed by atoms with van der Waals surface area (Å²) in [6.45, 7) is 5.58. The van der Waals surface area contributed by atoms with Gasteiger partial charge in [-0.15, -0.1) is 0 Å². The minimum Gasteiger partial charge on any atom is -0.493 e. The van der Waals surface area contributed by atoms with Crippen LogP contribution in [0.25, 0.3) is 10.9 Å². The van der Waals surface area contributed by atoms with Gasteiger partial charge in [-0.05, 0) is 39.0 Å². The average molecular weight is 416 g/mol. The number of ether oxygens (including phenoxy) is 3. The molecule has 152 valence electrons. The van der Waals surface area contributed by atoms with Crippen molar-refractivity contribution in [3.63, 3.8) is 0 Å². The van der Waals surface area contributed by atoms with Crippen molar-refractivity contribution < 1.29 is 23.8 Å². The van der Waals surface area contributed by atoms with E-state index < -0.39 is 12.1 Å². The molecule has 1 heterocycles. The molecule has 0 spiro atoms. The first-order valence-corrected chi connectivity index (χ1v) is 9.58. The van der Waals surface area contributed by atoms with E-state index in [1.54, 1.807) is 6.92 Å². The zero-order valence-electron chi connectivity index (χ0n) is 16.7. The van der Waals surface area contributed by atoms with E-state index in [4.69, 9.17) is 25.8 Å². The number of H-pyrrole nitrogens is 1. The first-order valence-electron chi connectivity index (χ1n) is 9.20. The van der Waals surface area contributed by atoms with E-state index in [-0.39, 0.29) is 16.4 Å². The number of carbonyl (C=O) groups excluding carboxylic acids is 2. The van der Waals surface area contributed by atoms with Crippen LogP contribution < -0.4 is 9.47 Å². The lowest BCUT2D eigenvalue weighted by Crippen LogP contribution is -2.25. The number of Topliss-reactive ketones (excluding diaryl/α,β-unsaturated/α-hetero) is 1. The second kappa shape index (κ2) is 8.57. The highest BCUT2D eigenvalue weighted by Gasteiger charge is 2.26. The van der Waals surface area contributed by atoms with E-state index >= 15 is 0 Å². The molecule has 0 fully saturated rings. The maximum absolute atomic E-state index is 13.0. The van der Waals surface area contributed by atoms with Crippen molar-refractivity contribution in [2.24, 2.45) is 0 Å². The summed E-state index contributed by atoms with van der Waals surface area (Å²) in [5, 5.41) is 1.02. The van der Waals surface area contributed by atoms with E-state index in [0.717, 1.165) is 16.6 Å². The first kappa shape index (κ1) is 20.7. The van der Waals surface area contributed by atoms with Gasteiger partial charge in [0.1, 0.15) is 0 Å². The van der Waals surface area contributed by atoms with Gasteiger partial charge in [0.25, 0.3) is 0 Å². The molecule has 0 saturated carbocycles. The topological polar surface area (TPSA) is 77.6 Å². The third-order valence-corrected chi connectivity index (χ3v) is 4.83. The lowest BCUT2D eigenvalue weighted by Gasteiger charge is -2.15. The number of rotatable bonds is 7. The lowest BCUT2D eigenvalue weighted by atomic mass is 10.0. The molecule has 2 aromatic carbocycles. The quantitative estimate of drug-likeness (QED) is 0.435. The SMILES string of the molecule is CCOc1c(Cl)cc(C(=O)O[C@H](C)C(=O)c2c(C)[nH]c3ccccc23)cc1OC. The average Bonchev–Trinajstić information content (AvgIpc) is 3.04. The Morgan fingerprint density at radius 2 is 1.93 bits per heavy atom. The van der Waals surface area contributed by atoms with Crippen molar-refractivity contribution >= 4 is 34.3 Å². The van der Waals surface area contributed by atoms with Crippen LogP contribution in [-0.4, -0.2) is 36.6 Å². The van der Waals surface area contributed by atoms with Gasteiger partial charge in [0.2, 0.25) is 5.78 Å². The third-order valence-electron chi connectivity index (χ3n) is 4.55. The normalized spacial score (nSPS) is 11.9. The monoisotopic (exact) mass is 415 g/mol. The molecule has 7 heteroatoms. The number of hydrogen-bond acceptors (Lipinski definition) is 5. The third kappa shape index (κ3) is 4.07. The predicted octanol–water partition coefficient (Wildman–Crippen LogP) is 4.97. The van der Waals surface area contributed by atoms with Crippen LogP contribution in [0.3, 0.4) is 0 Å². The van der Waals surface area contributed by atoms with E-state index in [1.165, 1.54) is 19.2 Å². The Kier molecular flexibility index (Phi) is 6.13. The van der Waals surface area contributed by atoms with Gasteiger partial charge in [-0.2, -0.15) is 0 Å². The van der Waals surface area contributed by atoms with Crippen LogP contribution in [0, 0.1) is 6.92 Å². The molecule has 0 unspecified atom stereocenters. The van der Waals surface area contributed by atoms with Crippen molar-refractivity contribution in [3.05, 3.63) is 58.2 Å². The molecule has 0 aliphatic heterocycles. The molecular formula is C22H22ClNO5. The molecule has 1 aromatic heterocycles. The molecule has 0 bridgehead atoms. The van der Waals surface area contributed by atoms with Gasteiger partial charge < -0.3 is 19.2 Å². The number of hydrogen-bond donors (Lipinski definition) is 1. The highest BCUT2D eigenvalue weighted by molar-refractivity contribution is 6.32. The van der Waals surface area contributed by atoms with E-state index in [1.807, 2.05) is 38.1 Å². The smallest absolute Gasteiger partial charge is 0.339 e. The summed E-state index contributed by atoms with van der Waals surface area (Å²) in [6, 6.07) is 10.4. The fourth-order valence-electron chi connectivity index (χ4n) is 3.20. The van der Waals surface area contributed by atoms with Gasteiger partial charge in [-0.1, -0.05) is 29.8 Å². The van der Waals surface area contributed by atoms with E-state index in [9.17, 15) is 9.59 Å². The van der Waals surface area contributed by atoms with Gasteiger partial charge in [0, 0.05) is 22.2 Å². The van der Waals surface area contributed by atoms with E-state index in [0.29, 0.717) is 23.7 Å². The van der Waals surface area contributed by atoms with Crippen LogP contribution in [0.5, 0.6) is 11.5 Å². The zero-order chi connectivity index (χ0) is 21.1. The van der Waals surface area contributed by atoms with Crippen LogP contribution in [0.4, 0.5) is 0 Å². The van der Waals surface area contributed by atoms with Crippen molar-refractivity contribution in [2.45, 2.75) is 26.9 Å². The fourth-order valence-corrected chi connectivity index (χ4v) is 3.47. The number of nitrogens with one attached hydrogen (secondary N) is 1. The highest BCUT2D eigenvalue weighted by atomic mass is 35.5. The molecule has 3 aromatic rings. The Balaban J connectivity index is 1.84. The Morgan fingerprint density at radius 3 is 2.62 bits per heavy atom. The minimum atomic E-state index is -0.975. The number of carbonyl (C=O) groups is 2. The lowest BCUT2D eigenvalue weighted by molar-refractivity contribution is 0.0318. The molecule has 1 atom stereocenters. The van der Waals surface area contributed by atoms with Crippen molar-refractivity contribution in [1.29, 1.82) is 0 Å². The molecule has 29 heavy (non-hydrogen) atoms. The fraction of sp³-hybridized carbons (Fsp3) is 0.273. The first-order chi connectivity index (χ1) is 13.9. The number of fused-ring (bicyclic) bond motifs is 1. The molecule has 1 N–H and O–H groups in total. The highest BCUT2D eigenvalue weighted by Crippen LogP contribution is 2.36. The van der Waals surface area contributed by atoms with Crippen molar-refractivity contribution in [3.8, 4) is 11.5 Å². The van der Waals surface area contributed by atoms with Gasteiger partial charge in [0.05, 0.1) is 24.3 Å². The Labute approximate surface area is 173 Å². The number of aromatic nitrogens is 1. The summed E-state index contributed by atoms with van der Waals surface area (Å²) in [5.41, 5.74) is 2.27. The summed E-state index contributed by atoms with van der Waals surface area (Å²) in [4.78, 5) is 28.8. The number of halogens is 1. The Bertz CT molecular complexity index is 1070. The number of methoxy groups -OCH3 is 1. The second-order valence-electron chi connectivity index (χ2n) is 6.50. The van der Waals surface area contributed by atoms with E-state index in [2.05, 4.69) is 4.98 Å². The molecule has 0 radical (unpaired) electrons. The number of benzene rings is 2. The summed E-state index contributed by atoms with van der Waals surface area (Å²) in [6.07, 6.45) is -0.975. The zero-order valence-corrected chi connectivity index (χ0v) is 17.4. The second-order valence-corrected chi connectivity index (χ2v) is 6.91. The van der Waals surface area contributed by atoms with Crippen LogP contribution in [0.1, 0.15) is 40.3 Å². The number of para-hydroxylation sites is 1. The predicted molar refractivity (Wildman–Crippen MR) is 111 cm³/mol. The van der Waals surface area contributed by atoms with Crippen LogP contribution >= 0.6 is 11.6 Å².